The summed E-state index contributed by atoms with van der Waals surface area (Å²) in [6, 6.07) is 21.6. The van der Waals surface area contributed by atoms with Crippen molar-refractivity contribution in [2.45, 2.75) is 57.5 Å². The predicted octanol–water partition coefficient (Wildman–Crippen LogP) is 9.27. The van der Waals surface area contributed by atoms with Crippen molar-refractivity contribution in [3.8, 4) is 17.2 Å². The Morgan fingerprint density at radius 1 is 0.730 bits per heavy atom. The summed E-state index contributed by atoms with van der Waals surface area (Å²) in [7, 11) is 0. The van der Waals surface area contributed by atoms with Crippen molar-refractivity contribution in [2.24, 2.45) is 0 Å². The maximum Gasteiger partial charge on any atom is 0.426 e. The van der Waals surface area contributed by atoms with Crippen molar-refractivity contribution < 1.29 is 23.0 Å². The Bertz CT molecular complexity index is 1310. The summed E-state index contributed by atoms with van der Waals surface area (Å²) in [4.78, 5) is 1.43. The molecule has 0 saturated heterocycles. The molecule has 1 saturated carbocycles. The summed E-state index contributed by atoms with van der Waals surface area (Å²) < 4.78 is 46.9. The smallest absolute Gasteiger partial charge is 0.426 e. The van der Waals surface area contributed by atoms with E-state index in [1.165, 1.54) is 39.2 Å². The van der Waals surface area contributed by atoms with Crippen LogP contribution in [-0.4, -0.2) is 13.2 Å². The fraction of sp³-hybridized carbons (Fsp3) is 0.355. The van der Waals surface area contributed by atoms with Crippen LogP contribution in [-0.2, 0) is 6.11 Å². The molecule has 0 unspecified atom stereocenters. The van der Waals surface area contributed by atoms with Gasteiger partial charge in [0.1, 0.15) is 17.2 Å². The monoisotopic (exact) mass is 522 g/mol. The minimum atomic E-state index is -3.41. The first-order valence-corrected chi connectivity index (χ1v) is 13.8. The normalized spacial score (nSPS) is 18.1. The third-order valence-electron chi connectivity index (χ3n) is 7.05. The minimum Gasteiger partial charge on any atom is -0.494 e. The molecule has 37 heavy (non-hydrogen) atoms. The van der Waals surface area contributed by atoms with Crippen LogP contribution in [0.2, 0.25) is 0 Å². The van der Waals surface area contributed by atoms with Gasteiger partial charge in [-0.1, -0.05) is 12.1 Å². The van der Waals surface area contributed by atoms with Crippen LogP contribution in [0.5, 0.6) is 17.2 Å². The zero-order chi connectivity index (χ0) is 25.8. The van der Waals surface area contributed by atoms with Crippen LogP contribution in [0.4, 0.5) is 8.78 Å². The van der Waals surface area contributed by atoms with Gasteiger partial charge in [-0.3, -0.25) is 0 Å². The first kappa shape index (κ1) is 25.5. The van der Waals surface area contributed by atoms with E-state index in [0.29, 0.717) is 30.8 Å². The number of fused-ring (bicyclic) bond motifs is 1. The number of rotatable bonds is 9. The molecule has 6 heteroatoms. The molecule has 0 aliphatic heterocycles. The average Bonchev–Trinajstić information content (AvgIpc) is 3.34. The van der Waals surface area contributed by atoms with E-state index in [1.54, 1.807) is 12.1 Å². The lowest BCUT2D eigenvalue weighted by atomic mass is 9.78. The second kappa shape index (κ2) is 11.1. The number of alkyl halides is 2. The third kappa shape index (κ3) is 5.90. The molecule has 0 amide bonds. The second-order valence-electron chi connectivity index (χ2n) is 9.48. The molecular formula is C31H32F2O3S. The van der Waals surface area contributed by atoms with Gasteiger partial charge < -0.3 is 14.2 Å². The largest absolute Gasteiger partial charge is 0.494 e. The lowest BCUT2D eigenvalue weighted by molar-refractivity contribution is -0.185. The minimum absolute atomic E-state index is 0.103. The van der Waals surface area contributed by atoms with E-state index in [-0.39, 0.29) is 11.3 Å². The molecule has 0 radical (unpaired) electrons. The molecule has 0 spiro atoms. The van der Waals surface area contributed by atoms with Crippen LogP contribution >= 0.6 is 11.3 Å². The highest BCUT2D eigenvalue weighted by molar-refractivity contribution is 7.19. The Balaban J connectivity index is 1.19. The highest BCUT2D eigenvalue weighted by Gasteiger charge is 2.35. The quantitative estimate of drug-likeness (QED) is 0.219. The molecule has 194 valence electrons. The summed E-state index contributed by atoms with van der Waals surface area (Å²) in [5.74, 6) is 2.60. The van der Waals surface area contributed by atoms with Gasteiger partial charge in [0.25, 0.3) is 0 Å². The molecule has 1 heterocycles. The van der Waals surface area contributed by atoms with Crippen molar-refractivity contribution in [1.82, 2.24) is 0 Å². The van der Waals surface area contributed by atoms with Crippen LogP contribution in [0.25, 0.3) is 10.1 Å². The van der Waals surface area contributed by atoms with Gasteiger partial charge in [-0.05, 0) is 123 Å². The van der Waals surface area contributed by atoms with Gasteiger partial charge in [-0.2, -0.15) is 8.78 Å². The molecule has 1 aromatic heterocycles. The van der Waals surface area contributed by atoms with Crippen LogP contribution < -0.4 is 14.2 Å². The molecule has 0 atom stereocenters. The van der Waals surface area contributed by atoms with Crippen LogP contribution in [0, 0.1) is 0 Å². The van der Waals surface area contributed by atoms with Crippen molar-refractivity contribution >= 4 is 21.4 Å². The Morgan fingerprint density at radius 3 is 2.00 bits per heavy atom. The molecule has 1 fully saturated rings. The summed E-state index contributed by atoms with van der Waals surface area (Å²) in [5.41, 5.74) is 0.979. The van der Waals surface area contributed by atoms with Crippen molar-refractivity contribution in [1.29, 1.82) is 0 Å². The van der Waals surface area contributed by atoms with Crippen LogP contribution in [0.15, 0.2) is 72.8 Å². The molecule has 1 aliphatic carbocycles. The van der Waals surface area contributed by atoms with Gasteiger partial charge in [0.05, 0.1) is 18.8 Å². The maximum absolute atomic E-state index is 14.8. The number of thiophene rings is 1. The van der Waals surface area contributed by atoms with Gasteiger partial charge in [-0.15, -0.1) is 11.3 Å². The zero-order valence-corrected chi connectivity index (χ0v) is 22.0. The molecule has 3 nitrogen and oxygen atoms in total. The van der Waals surface area contributed by atoms with E-state index in [4.69, 9.17) is 14.2 Å². The Kier molecular flexibility index (Phi) is 7.65. The van der Waals surface area contributed by atoms with Crippen molar-refractivity contribution in [3.05, 3.63) is 88.8 Å². The second-order valence-corrected chi connectivity index (χ2v) is 10.6. The van der Waals surface area contributed by atoms with E-state index in [9.17, 15) is 8.78 Å². The summed E-state index contributed by atoms with van der Waals surface area (Å²) >= 11 is 1.87. The molecular weight excluding hydrogens is 490 g/mol. The Morgan fingerprint density at radius 2 is 1.32 bits per heavy atom. The lowest BCUT2D eigenvalue weighted by Gasteiger charge is -2.28. The van der Waals surface area contributed by atoms with E-state index >= 15 is 0 Å². The molecule has 0 N–H and O–H groups in total. The fourth-order valence-electron chi connectivity index (χ4n) is 5.13. The van der Waals surface area contributed by atoms with Crippen LogP contribution in [0.1, 0.15) is 67.4 Å². The van der Waals surface area contributed by atoms with Gasteiger partial charge in [0.2, 0.25) is 0 Å². The van der Waals surface area contributed by atoms with E-state index in [2.05, 4.69) is 18.2 Å². The van der Waals surface area contributed by atoms with Gasteiger partial charge >= 0.3 is 6.11 Å². The van der Waals surface area contributed by atoms with Crippen LogP contribution in [0.3, 0.4) is 0 Å². The Hall–Kier alpha value is -3.12. The number of hydrogen-bond acceptors (Lipinski definition) is 4. The van der Waals surface area contributed by atoms with E-state index in [1.807, 2.05) is 43.4 Å². The molecule has 5 rings (SSSR count). The Labute approximate surface area is 221 Å². The van der Waals surface area contributed by atoms with E-state index < -0.39 is 6.11 Å². The summed E-state index contributed by atoms with van der Waals surface area (Å²) in [5, 5.41) is 1.27. The molecule has 0 bridgehead atoms. The standard InChI is InChI=1S/C31H32F2O3S/c1-3-34-26-15-17-27(18-16-26)36-31(32,33)25-12-9-22(10-13-25)21-5-7-23(8-6-21)29-19-24-11-14-28(35-4-2)20-30(24)37-29/h9-21,23H,3-8H2,1-2H3. The topological polar surface area (TPSA) is 27.7 Å². The molecule has 3 aromatic carbocycles. The van der Waals surface area contributed by atoms with Crippen molar-refractivity contribution in [3.63, 3.8) is 0 Å². The maximum atomic E-state index is 14.8. The highest BCUT2D eigenvalue weighted by atomic mass is 32.1. The lowest BCUT2D eigenvalue weighted by Crippen LogP contribution is -2.22. The predicted molar refractivity (Wildman–Crippen MR) is 146 cm³/mol. The first-order valence-electron chi connectivity index (χ1n) is 13.0. The fourth-order valence-corrected chi connectivity index (χ4v) is 6.39. The van der Waals surface area contributed by atoms with Gasteiger partial charge in [0.15, 0.2) is 0 Å². The zero-order valence-electron chi connectivity index (χ0n) is 21.2. The summed E-state index contributed by atoms with van der Waals surface area (Å²) in [6.07, 6.45) is 0.915. The SMILES string of the molecule is CCOc1ccc(OC(F)(F)c2ccc(C3CCC(c4cc5ccc(OCC)cc5s4)CC3)cc2)cc1. The molecule has 1 aliphatic rings. The van der Waals surface area contributed by atoms with Crippen molar-refractivity contribution in [2.75, 3.05) is 13.2 Å². The number of hydrogen-bond donors (Lipinski definition) is 0. The number of halogens is 2. The third-order valence-corrected chi connectivity index (χ3v) is 8.31. The van der Waals surface area contributed by atoms with Gasteiger partial charge in [-0.25, -0.2) is 0 Å². The van der Waals surface area contributed by atoms with E-state index in [0.717, 1.165) is 37.0 Å². The first-order chi connectivity index (χ1) is 17.9. The van der Waals surface area contributed by atoms with Gasteiger partial charge in [0, 0.05) is 9.58 Å². The highest BCUT2D eigenvalue weighted by Crippen LogP contribution is 2.44. The summed E-state index contributed by atoms with van der Waals surface area (Å²) in [6.45, 7) is 5.06. The number of benzene rings is 3. The number of ether oxygens (including phenoxy) is 3. The average molecular weight is 523 g/mol. The molecule has 4 aromatic rings.